The highest BCUT2D eigenvalue weighted by Crippen LogP contribution is 2.17. The average Bonchev–Trinajstić information content (AvgIpc) is 2.74. The van der Waals surface area contributed by atoms with Crippen LogP contribution in [0.2, 0.25) is 0 Å². The lowest BCUT2D eigenvalue weighted by Crippen LogP contribution is -2.24. The highest BCUT2D eigenvalue weighted by molar-refractivity contribution is 5.34. The molecular formula is C11H12N4. The van der Waals surface area contributed by atoms with E-state index in [0.29, 0.717) is 0 Å². The quantitative estimate of drug-likeness (QED) is 0.744. The van der Waals surface area contributed by atoms with Crippen molar-refractivity contribution in [2.45, 2.75) is 13.0 Å². The van der Waals surface area contributed by atoms with Gasteiger partial charge in [0.2, 0.25) is 0 Å². The van der Waals surface area contributed by atoms with E-state index in [1.807, 2.05) is 23.0 Å². The van der Waals surface area contributed by atoms with Gasteiger partial charge in [0.05, 0.1) is 11.9 Å². The third-order valence-electron chi connectivity index (χ3n) is 2.72. The van der Waals surface area contributed by atoms with Gasteiger partial charge < -0.3 is 5.32 Å². The Morgan fingerprint density at radius 3 is 3.00 bits per heavy atom. The maximum Gasteiger partial charge on any atom is 0.0679 e. The third-order valence-corrected chi connectivity index (χ3v) is 2.72. The summed E-state index contributed by atoms with van der Waals surface area (Å²) in [5.41, 5.74) is 3.71. The van der Waals surface area contributed by atoms with Crippen molar-refractivity contribution in [2.24, 2.45) is 0 Å². The van der Waals surface area contributed by atoms with Crippen LogP contribution in [0.1, 0.15) is 11.3 Å². The van der Waals surface area contributed by atoms with Gasteiger partial charge in [0, 0.05) is 43.2 Å². The minimum absolute atomic E-state index is 0.931. The summed E-state index contributed by atoms with van der Waals surface area (Å²) in [7, 11) is 0. The number of nitrogens with one attached hydrogen (secondary N) is 1. The number of aromatic nitrogens is 3. The van der Waals surface area contributed by atoms with Crippen LogP contribution in [0.5, 0.6) is 0 Å². The van der Waals surface area contributed by atoms with Crippen molar-refractivity contribution in [3.05, 3.63) is 42.0 Å². The lowest BCUT2D eigenvalue weighted by atomic mass is 10.1. The Morgan fingerprint density at radius 2 is 2.13 bits per heavy atom. The van der Waals surface area contributed by atoms with Crippen molar-refractivity contribution in [2.75, 3.05) is 6.54 Å². The minimum Gasteiger partial charge on any atom is -0.312 e. The van der Waals surface area contributed by atoms with E-state index in [-0.39, 0.29) is 0 Å². The summed E-state index contributed by atoms with van der Waals surface area (Å²) < 4.78 is 2.01. The van der Waals surface area contributed by atoms with E-state index in [0.717, 1.165) is 25.2 Å². The van der Waals surface area contributed by atoms with Gasteiger partial charge in [-0.3, -0.25) is 4.98 Å². The Hall–Kier alpha value is -1.68. The van der Waals surface area contributed by atoms with E-state index in [2.05, 4.69) is 15.4 Å². The fourth-order valence-corrected chi connectivity index (χ4v) is 1.96. The lowest BCUT2D eigenvalue weighted by molar-refractivity contribution is 0.622. The standard InChI is InChI=1S/C11H12N4/c1-4-12-5-2-10(1)15-11-3-6-13-7-9(11)8-14-15/h1-2,4-5,8,13H,3,6-7H2. The van der Waals surface area contributed by atoms with E-state index >= 15 is 0 Å². The van der Waals surface area contributed by atoms with Crippen LogP contribution >= 0.6 is 0 Å². The van der Waals surface area contributed by atoms with Crippen LogP contribution in [0.15, 0.2) is 30.7 Å². The zero-order valence-electron chi connectivity index (χ0n) is 8.35. The van der Waals surface area contributed by atoms with Crippen molar-refractivity contribution < 1.29 is 0 Å². The predicted molar refractivity (Wildman–Crippen MR) is 56.8 cm³/mol. The molecule has 0 aromatic carbocycles. The first-order valence-corrected chi connectivity index (χ1v) is 5.12. The molecule has 2 aromatic rings. The van der Waals surface area contributed by atoms with Crippen LogP contribution in [0, 0.1) is 0 Å². The zero-order valence-corrected chi connectivity index (χ0v) is 8.35. The zero-order chi connectivity index (χ0) is 10.1. The Labute approximate surface area is 88.0 Å². The second-order valence-corrected chi connectivity index (χ2v) is 3.66. The van der Waals surface area contributed by atoms with Gasteiger partial charge in [-0.1, -0.05) is 0 Å². The first kappa shape index (κ1) is 8.61. The lowest BCUT2D eigenvalue weighted by Gasteiger charge is -2.14. The van der Waals surface area contributed by atoms with Gasteiger partial charge >= 0.3 is 0 Å². The predicted octanol–water partition coefficient (Wildman–Crippen LogP) is 0.913. The van der Waals surface area contributed by atoms with E-state index in [4.69, 9.17) is 0 Å². The number of pyridine rings is 1. The molecule has 0 saturated carbocycles. The fraction of sp³-hybridized carbons (Fsp3) is 0.273. The molecule has 15 heavy (non-hydrogen) atoms. The smallest absolute Gasteiger partial charge is 0.0679 e. The molecule has 0 atom stereocenters. The first-order chi connectivity index (χ1) is 7.45. The number of nitrogens with zero attached hydrogens (tertiary/aromatic N) is 3. The van der Waals surface area contributed by atoms with Crippen molar-refractivity contribution in [1.29, 1.82) is 0 Å². The van der Waals surface area contributed by atoms with Crippen molar-refractivity contribution in [3.63, 3.8) is 0 Å². The molecule has 4 heteroatoms. The second kappa shape index (κ2) is 3.47. The van der Waals surface area contributed by atoms with Crippen LogP contribution in [0.25, 0.3) is 5.69 Å². The van der Waals surface area contributed by atoms with Crippen LogP contribution in [0.3, 0.4) is 0 Å². The minimum atomic E-state index is 0.931. The molecule has 2 aromatic heterocycles. The summed E-state index contributed by atoms with van der Waals surface area (Å²) >= 11 is 0. The van der Waals surface area contributed by atoms with E-state index < -0.39 is 0 Å². The van der Waals surface area contributed by atoms with Gasteiger partial charge in [-0.2, -0.15) is 5.10 Å². The summed E-state index contributed by atoms with van der Waals surface area (Å²) in [4.78, 5) is 4.01. The van der Waals surface area contributed by atoms with E-state index in [9.17, 15) is 0 Å². The molecule has 1 N–H and O–H groups in total. The molecule has 0 radical (unpaired) electrons. The molecule has 3 heterocycles. The Morgan fingerprint density at radius 1 is 1.27 bits per heavy atom. The van der Waals surface area contributed by atoms with Gasteiger partial charge in [0.25, 0.3) is 0 Å². The molecular weight excluding hydrogens is 188 g/mol. The summed E-state index contributed by atoms with van der Waals surface area (Å²) in [6.45, 7) is 1.96. The highest BCUT2D eigenvalue weighted by atomic mass is 15.3. The second-order valence-electron chi connectivity index (χ2n) is 3.66. The molecule has 76 valence electrons. The molecule has 0 unspecified atom stereocenters. The van der Waals surface area contributed by atoms with Crippen LogP contribution in [-0.2, 0) is 13.0 Å². The molecule has 0 aliphatic carbocycles. The first-order valence-electron chi connectivity index (χ1n) is 5.12. The number of fused-ring (bicyclic) bond motifs is 1. The molecule has 0 saturated heterocycles. The highest BCUT2D eigenvalue weighted by Gasteiger charge is 2.14. The molecule has 1 aliphatic rings. The topological polar surface area (TPSA) is 42.7 Å². The number of rotatable bonds is 1. The molecule has 0 fully saturated rings. The monoisotopic (exact) mass is 200 g/mol. The van der Waals surface area contributed by atoms with E-state index in [1.165, 1.54) is 11.3 Å². The molecule has 0 amide bonds. The average molecular weight is 200 g/mol. The van der Waals surface area contributed by atoms with Crippen LogP contribution in [-0.4, -0.2) is 21.3 Å². The third kappa shape index (κ3) is 1.43. The van der Waals surface area contributed by atoms with Crippen LogP contribution in [0.4, 0.5) is 0 Å². The van der Waals surface area contributed by atoms with Gasteiger partial charge in [-0.05, 0) is 12.1 Å². The maximum absolute atomic E-state index is 4.42. The Balaban J connectivity index is 2.09. The van der Waals surface area contributed by atoms with Crippen LogP contribution < -0.4 is 5.32 Å². The van der Waals surface area contributed by atoms with Gasteiger partial charge in [0.15, 0.2) is 0 Å². The SMILES string of the molecule is c1cc(-n2ncc3c2CCNC3)ccn1. The van der Waals surface area contributed by atoms with Gasteiger partial charge in [0.1, 0.15) is 0 Å². The molecule has 0 spiro atoms. The largest absolute Gasteiger partial charge is 0.312 e. The molecule has 3 rings (SSSR count). The molecule has 0 bridgehead atoms. The number of hydrogen-bond donors (Lipinski definition) is 1. The summed E-state index contributed by atoms with van der Waals surface area (Å²) in [6, 6.07) is 3.96. The maximum atomic E-state index is 4.42. The summed E-state index contributed by atoms with van der Waals surface area (Å²) in [6.07, 6.45) is 6.58. The van der Waals surface area contributed by atoms with Crippen molar-refractivity contribution in [1.82, 2.24) is 20.1 Å². The van der Waals surface area contributed by atoms with Crippen molar-refractivity contribution >= 4 is 0 Å². The number of hydrogen-bond acceptors (Lipinski definition) is 3. The molecule has 4 nitrogen and oxygen atoms in total. The molecule has 1 aliphatic heterocycles. The fourth-order valence-electron chi connectivity index (χ4n) is 1.96. The summed E-state index contributed by atoms with van der Waals surface area (Å²) in [5, 5.41) is 7.76. The van der Waals surface area contributed by atoms with Gasteiger partial charge in [-0.15, -0.1) is 0 Å². The summed E-state index contributed by atoms with van der Waals surface area (Å²) in [5.74, 6) is 0. The van der Waals surface area contributed by atoms with E-state index in [1.54, 1.807) is 12.4 Å². The van der Waals surface area contributed by atoms with Gasteiger partial charge in [-0.25, -0.2) is 4.68 Å². The Kier molecular flexibility index (Phi) is 1.99. The Bertz CT molecular complexity index is 461. The normalized spacial score (nSPS) is 14.9. The van der Waals surface area contributed by atoms with Crippen molar-refractivity contribution in [3.8, 4) is 5.69 Å².